The molecular weight excluding hydrogens is 210 g/mol. The molecule has 2 atom stereocenters. The molecule has 2 saturated carbocycles. The van der Waals surface area contributed by atoms with Gasteiger partial charge in [-0.25, -0.2) is 0 Å². The fraction of sp³-hybridized carbons (Fsp3) is 0.600. The smallest absolute Gasteiger partial charge is 0.115 e. The van der Waals surface area contributed by atoms with Crippen LogP contribution in [0.4, 0.5) is 0 Å². The van der Waals surface area contributed by atoms with Gasteiger partial charge in [0.25, 0.3) is 0 Å². The summed E-state index contributed by atoms with van der Waals surface area (Å²) in [5, 5.41) is 9.26. The van der Waals surface area contributed by atoms with Gasteiger partial charge in [-0.05, 0) is 42.4 Å². The third kappa shape index (κ3) is 2.19. The molecule has 0 aromatic heterocycles. The van der Waals surface area contributed by atoms with E-state index >= 15 is 0 Å². The Morgan fingerprint density at radius 1 is 1.18 bits per heavy atom. The fourth-order valence-corrected chi connectivity index (χ4v) is 3.54. The van der Waals surface area contributed by atoms with Crippen molar-refractivity contribution in [2.45, 2.75) is 44.1 Å². The van der Waals surface area contributed by atoms with Crippen LogP contribution in [0.3, 0.4) is 0 Å². The SMILES string of the molecule is NC1(Cc2ccc(O)cc2)CC1C1CCCC1. The lowest BCUT2D eigenvalue weighted by molar-refractivity contribution is 0.421. The third-order valence-corrected chi connectivity index (χ3v) is 4.62. The monoisotopic (exact) mass is 231 g/mol. The lowest BCUT2D eigenvalue weighted by atomic mass is 9.94. The van der Waals surface area contributed by atoms with Gasteiger partial charge in [0.1, 0.15) is 5.75 Å². The number of phenolic OH excluding ortho intramolecular Hbond substituents is 1. The Kier molecular flexibility index (Phi) is 2.62. The van der Waals surface area contributed by atoms with E-state index in [1.165, 1.54) is 37.7 Å². The van der Waals surface area contributed by atoms with Crippen LogP contribution in [0.2, 0.25) is 0 Å². The first kappa shape index (κ1) is 11.1. The molecule has 2 unspecified atom stereocenters. The van der Waals surface area contributed by atoms with Crippen molar-refractivity contribution in [3.05, 3.63) is 29.8 Å². The Hall–Kier alpha value is -1.02. The predicted molar refractivity (Wildman–Crippen MR) is 68.8 cm³/mol. The van der Waals surface area contributed by atoms with E-state index in [1.54, 1.807) is 12.1 Å². The van der Waals surface area contributed by atoms with Crippen molar-refractivity contribution >= 4 is 0 Å². The average molecular weight is 231 g/mol. The summed E-state index contributed by atoms with van der Waals surface area (Å²) in [4.78, 5) is 0. The van der Waals surface area contributed by atoms with Gasteiger partial charge in [0, 0.05) is 5.54 Å². The summed E-state index contributed by atoms with van der Waals surface area (Å²) >= 11 is 0. The minimum absolute atomic E-state index is 0.0476. The number of rotatable bonds is 3. The lowest BCUT2D eigenvalue weighted by Crippen LogP contribution is -2.29. The molecule has 2 heteroatoms. The van der Waals surface area contributed by atoms with Crippen LogP contribution in [0.25, 0.3) is 0 Å². The maximum Gasteiger partial charge on any atom is 0.115 e. The van der Waals surface area contributed by atoms with Gasteiger partial charge in [-0.1, -0.05) is 37.8 Å². The molecule has 3 N–H and O–H groups in total. The van der Waals surface area contributed by atoms with Crippen molar-refractivity contribution < 1.29 is 5.11 Å². The van der Waals surface area contributed by atoms with Gasteiger partial charge in [0.2, 0.25) is 0 Å². The number of phenols is 1. The van der Waals surface area contributed by atoms with Crippen LogP contribution in [-0.2, 0) is 6.42 Å². The molecule has 2 nitrogen and oxygen atoms in total. The summed E-state index contributed by atoms with van der Waals surface area (Å²) in [5.41, 5.74) is 7.78. The Morgan fingerprint density at radius 3 is 2.47 bits per heavy atom. The highest BCUT2D eigenvalue weighted by Gasteiger charge is 2.54. The molecule has 0 spiro atoms. The highest BCUT2D eigenvalue weighted by atomic mass is 16.3. The van der Waals surface area contributed by atoms with Crippen LogP contribution in [0.5, 0.6) is 5.75 Å². The normalized spacial score (nSPS) is 32.9. The van der Waals surface area contributed by atoms with E-state index in [4.69, 9.17) is 5.73 Å². The van der Waals surface area contributed by atoms with E-state index in [9.17, 15) is 5.11 Å². The second kappa shape index (κ2) is 4.02. The number of hydrogen-bond donors (Lipinski definition) is 2. The first-order chi connectivity index (χ1) is 8.17. The molecule has 2 fully saturated rings. The zero-order chi connectivity index (χ0) is 11.9. The number of aromatic hydroxyl groups is 1. The molecule has 2 aliphatic carbocycles. The minimum Gasteiger partial charge on any atom is -0.508 e. The molecule has 0 amide bonds. The molecule has 2 aliphatic rings. The third-order valence-electron chi connectivity index (χ3n) is 4.62. The summed E-state index contributed by atoms with van der Waals surface area (Å²) in [6.45, 7) is 0. The number of nitrogens with two attached hydrogens (primary N) is 1. The average Bonchev–Trinajstić information content (AvgIpc) is 2.79. The Balaban J connectivity index is 1.64. The van der Waals surface area contributed by atoms with Gasteiger partial charge < -0.3 is 10.8 Å². The van der Waals surface area contributed by atoms with Gasteiger partial charge in [0.15, 0.2) is 0 Å². The first-order valence-corrected chi connectivity index (χ1v) is 6.74. The van der Waals surface area contributed by atoms with E-state index < -0.39 is 0 Å². The van der Waals surface area contributed by atoms with Crippen LogP contribution in [0.15, 0.2) is 24.3 Å². The van der Waals surface area contributed by atoms with E-state index in [0.717, 1.165) is 18.3 Å². The van der Waals surface area contributed by atoms with Gasteiger partial charge >= 0.3 is 0 Å². The summed E-state index contributed by atoms with van der Waals surface area (Å²) in [6.07, 6.45) is 7.73. The summed E-state index contributed by atoms with van der Waals surface area (Å²) in [5.74, 6) is 1.97. The maximum atomic E-state index is 9.26. The van der Waals surface area contributed by atoms with Gasteiger partial charge in [-0.2, -0.15) is 0 Å². The molecule has 1 aromatic rings. The van der Waals surface area contributed by atoms with Gasteiger partial charge in [-0.15, -0.1) is 0 Å². The topological polar surface area (TPSA) is 46.2 Å². The maximum absolute atomic E-state index is 9.26. The van der Waals surface area contributed by atoms with Gasteiger partial charge in [-0.3, -0.25) is 0 Å². The standard InChI is InChI=1S/C15H21NO/c16-15(9-11-5-7-13(17)8-6-11)10-14(15)12-3-1-2-4-12/h5-8,12,14,17H,1-4,9-10,16H2. The predicted octanol–water partition coefficient (Wildman–Crippen LogP) is 2.84. The highest BCUT2D eigenvalue weighted by molar-refractivity contribution is 5.29. The number of benzene rings is 1. The summed E-state index contributed by atoms with van der Waals surface area (Å²) in [7, 11) is 0. The largest absolute Gasteiger partial charge is 0.508 e. The molecule has 0 bridgehead atoms. The van der Waals surface area contributed by atoms with Crippen LogP contribution in [0, 0.1) is 11.8 Å². The quantitative estimate of drug-likeness (QED) is 0.840. The zero-order valence-corrected chi connectivity index (χ0v) is 10.2. The molecule has 0 radical (unpaired) electrons. The van der Waals surface area contributed by atoms with Crippen molar-refractivity contribution in [2.24, 2.45) is 17.6 Å². The van der Waals surface area contributed by atoms with Crippen LogP contribution < -0.4 is 5.73 Å². The molecule has 1 aromatic carbocycles. The molecule has 17 heavy (non-hydrogen) atoms. The van der Waals surface area contributed by atoms with E-state index in [2.05, 4.69) is 0 Å². The minimum atomic E-state index is 0.0476. The van der Waals surface area contributed by atoms with E-state index in [-0.39, 0.29) is 5.54 Å². The highest BCUT2D eigenvalue weighted by Crippen LogP contribution is 2.53. The molecule has 3 rings (SSSR count). The number of hydrogen-bond acceptors (Lipinski definition) is 2. The molecule has 0 heterocycles. The summed E-state index contributed by atoms with van der Waals surface area (Å²) in [6, 6.07) is 7.50. The van der Waals surface area contributed by atoms with Crippen LogP contribution in [0.1, 0.15) is 37.7 Å². The second-order valence-electron chi connectivity index (χ2n) is 5.93. The molecular formula is C15H21NO. The van der Waals surface area contributed by atoms with Crippen molar-refractivity contribution in [2.75, 3.05) is 0 Å². The van der Waals surface area contributed by atoms with E-state index in [1.807, 2.05) is 12.1 Å². The van der Waals surface area contributed by atoms with Gasteiger partial charge in [0.05, 0.1) is 0 Å². The lowest BCUT2D eigenvalue weighted by Gasteiger charge is -2.15. The Labute approximate surface area is 103 Å². The van der Waals surface area contributed by atoms with Crippen LogP contribution in [-0.4, -0.2) is 10.6 Å². The second-order valence-corrected chi connectivity index (χ2v) is 5.93. The summed E-state index contributed by atoms with van der Waals surface area (Å²) < 4.78 is 0. The molecule has 0 aliphatic heterocycles. The zero-order valence-electron chi connectivity index (χ0n) is 10.2. The Morgan fingerprint density at radius 2 is 1.82 bits per heavy atom. The first-order valence-electron chi connectivity index (χ1n) is 6.74. The molecule has 92 valence electrons. The molecule has 0 saturated heterocycles. The van der Waals surface area contributed by atoms with Crippen molar-refractivity contribution in [3.63, 3.8) is 0 Å². The van der Waals surface area contributed by atoms with Crippen LogP contribution >= 0.6 is 0 Å². The van der Waals surface area contributed by atoms with Crippen molar-refractivity contribution in [1.29, 1.82) is 0 Å². The van der Waals surface area contributed by atoms with Crippen molar-refractivity contribution in [3.8, 4) is 5.75 Å². The van der Waals surface area contributed by atoms with E-state index in [0.29, 0.717) is 5.75 Å². The Bertz CT molecular complexity index is 394. The van der Waals surface area contributed by atoms with Crippen molar-refractivity contribution in [1.82, 2.24) is 0 Å². The fourth-order valence-electron chi connectivity index (χ4n) is 3.54.